The summed E-state index contributed by atoms with van der Waals surface area (Å²) in [5, 5.41) is 0. The minimum atomic E-state index is -4.38. The van der Waals surface area contributed by atoms with E-state index in [9.17, 15) is 13.2 Å². The van der Waals surface area contributed by atoms with Crippen LogP contribution in [0.1, 0.15) is 39.2 Å². The first-order chi connectivity index (χ1) is 16.4. The molecule has 0 N–H and O–H groups in total. The Kier molecular flexibility index (Phi) is 10.2. The number of hydrogen-bond acceptors (Lipinski definition) is 5. The summed E-state index contributed by atoms with van der Waals surface area (Å²) >= 11 is 0. The first-order valence-corrected chi connectivity index (χ1v) is 11.4. The number of rotatable bonds is 7. The molecule has 2 aromatic rings. The van der Waals surface area contributed by atoms with Gasteiger partial charge >= 0.3 is 6.18 Å². The Balaban J connectivity index is 0.00000199. The second-order valence-corrected chi connectivity index (χ2v) is 7.34. The Bertz CT molecular complexity index is 963. The van der Waals surface area contributed by atoms with Gasteiger partial charge in [0.2, 0.25) is 0 Å². The van der Waals surface area contributed by atoms with Crippen molar-refractivity contribution in [3.05, 3.63) is 72.8 Å². The Morgan fingerprint density at radius 3 is 2.35 bits per heavy atom. The number of aliphatic imine (C=N–C) groups is 1. The Hall–Kier alpha value is -3.29. The summed E-state index contributed by atoms with van der Waals surface area (Å²) < 4.78 is 44.8. The van der Waals surface area contributed by atoms with E-state index in [1.165, 1.54) is 12.1 Å². The Morgan fingerprint density at radius 2 is 1.82 bits per heavy atom. The van der Waals surface area contributed by atoms with E-state index < -0.39 is 11.7 Å². The van der Waals surface area contributed by atoms with E-state index in [0.717, 1.165) is 49.6 Å². The zero-order chi connectivity index (χ0) is 25.1. The molecule has 1 aromatic heterocycles. The van der Waals surface area contributed by atoms with Gasteiger partial charge in [-0.05, 0) is 50.1 Å². The molecule has 184 valence electrons. The maximum absolute atomic E-state index is 13.1. The van der Waals surface area contributed by atoms with Crippen LogP contribution in [0.5, 0.6) is 5.75 Å². The molecular weight excluding hydrogens is 441 g/mol. The number of nitrogens with zero attached hydrogens (tertiary/aromatic N) is 4. The molecule has 0 bridgehead atoms. The summed E-state index contributed by atoms with van der Waals surface area (Å²) in [5.74, 6) is 1.50. The average molecular weight is 475 g/mol. The molecule has 0 radical (unpaired) electrons. The van der Waals surface area contributed by atoms with Gasteiger partial charge in [-0.25, -0.2) is 4.99 Å². The molecule has 34 heavy (non-hydrogen) atoms. The Labute approximate surface area is 200 Å². The van der Waals surface area contributed by atoms with Gasteiger partial charge in [0, 0.05) is 43.3 Å². The van der Waals surface area contributed by atoms with E-state index in [4.69, 9.17) is 4.74 Å². The number of aromatic nitrogens is 1. The van der Waals surface area contributed by atoms with Gasteiger partial charge in [-0.2, -0.15) is 13.2 Å². The fraction of sp³-hybridized carbons (Fsp3) is 0.385. The Morgan fingerprint density at radius 1 is 1.18 bits per heavy atom. The van der Waals surface area contributed by atoms with Crippen LogP contribution in [0.15, 0.2) is 72.3 Å². The molecule has 2 heterocycles. The van der Waals surface area contributed by atoms with Crippen molar-refractivity contribution in [2.45, 2.75) is 45.8 Å². The number of hydrogen-bond donors (Lipinski definition) is 0. The highest BCUT2D eigenvalue weighted by atomic mass is 19.4. The normalized spacial score (nSPS) is 15.0. The summed E-state index contributed by atoms with van der Waals surface area (Å²) in [7, 11) is 1.57. The monoisotopic (exact) mass is 474 g/mol. The van der Waals surface area contributed by atoms with E-state index in [1.807, 2.05) is 31.7 Å². The highest BCUT2D eigenvalue weighted by Gasteiger charge is 2.32. The molecule has 1 aliphatic heterocycles. The fourth-order valence-electron chi connectivity index (χ4n) is 3.91. The predicted octanol–water partition coefficient (Wildman–Crippen LogP) is 6.86. The molecule has 0 unspecified atom stereocenters. The van der Waals surface area contributed by atoms with Crippen LogP contribution in [0.4, 0.5) is 24.5 Å². The van der Waals surface area contributed by atoms with Crippen LogP contribution in [0.2, 0.25) is 0 Å². The minimum absolute atomic E-state index is 0.0579. The number of pyridine rings is 1. The number of methoxy groups -OCH3 is 1. The van der Waals surface area contributed by atoms with Crippen LogP contribution < -0.4 is 9.64 Å². The van der Waals surface area contributed by atoms with E-state index in [0.29, 0.717) is 11.4 Å². The summed E-state index contributed by atoms with van der Waals surface area (Å²) in [6.07, 6.45) is 5.78. The first kappa shape index (κ1) is 27.0. The number of alkyl halides is 3. The van der Waals surface area contributed by atoms with Gasteiger partial charge < -0.3 is 14.5 Å². The number of anilines is 2. The van der Waals surface area contributed by atoms with Gasteiger partial charge in [0.25, 0.3) is 0 Å². The van der Waals surface area contributed by atoms with Crippen LogP contribution >= 0.6 is 0 Å². The number of likely N-dealkylation sites (tertiary alicyclic amines) is 1. The zero-order valence-corrected chi connectivity index (χ0v) is 20.2. The van der Waals surface area contributed by atoms with Crippen molar-refractivity contribution < 1.29 is 17.9 Å². The molecule has 8 heteroatoms. The largest absolute Gasteiger partial charge is 0.494 e. The lowest BCUT2D eigenvalue weighted by atomic mass is 10.0. The summed E-state index contributed by atoms with van der Waals surface area (Å²) in [4.78, 5) is 12.9. The van der Waals surface area contributed by atoms with Gasteiger partial charge in [0.05, 0.1) is 18.9 Å². The molecule has 0 saturated carbocycles. The third-order valence-corrected chi connectivity index (χ3v) is 5.44. The second-order valence-electron chi connectivity index (χ2n) is 7.34. The highest BCUT2D eigenvalue weighted by Crippen LogP contribution is 2.39. The van der Waals surface area contributed by atoms with Crippen LogP contribution in [-0.2, 0) is 6.18 Å². The van der Waals surface area contributed by atoms with Crippen molar-refractivity contribution >= 4 is 17.6 Å². The average Bonchev–Trinajstić information content (AvgIpc) is 2.87. The lowest BCUT2D eigenvalue weighted by Crippen LogP contribution is -2.42. The lowest BCUT2D eigenvalue weighted by molar-refractivity contribution is -0.137. The van der Waals surface area contributed by atoms with Gasteiger partial charge in [0.1, 0.15) is 17.3 Å². The van der Waals surface area contributed by atoms with Crippen molar-refractivity contribution in [1.29, 1.82) is 0 Å². The lowest BCUT2D eigenvalue weighted by Gasteiger charge is -2.40. The molecular formula is C26H33F3N4O. The molecule has 1 saturated heterocycles. The van der Waals surface area contributed by atoms with E-state index in [2.05, 4.69) is 21.5 Å². The maximum atomic E-state index is 13.1. The van der Waals surface area contributed by atoms with Crippen molar-refractivity contribution in [3.63, 3.8) is 0 Å². The topological polar surface area (TPSA) is 41.0 Å². The van der Waals surface area contributed by atoms with E-state index >= 15 is 0 Å². The molecule has 0 aliphatic carbocycles. The third kappa shape index (κ3) is 6.62. The summed E-state index contributed by atoms with van der Waals surface area (Å²) in [6.45, 7) is 11.1. The van der Waals surface area contributed by atoms with Crippen molar-refractivity contribution in [2.75, 3.05) is 25.1 Å². The fourth-order valence-corrected chi connectivity index (χ4v) is 3.91. The van der Waals surface area contributed by atoms with Gasteiger partial charge in [0.15, 0.2) is 0 Å². The van der Waals surface area contributed by atoms with Crippen LogP contribution in [0.25, 0.3) is 0 Å². The molecule has 0 spiro atoms. The van der Waals surface area contributed by atoms with Crippen molar-refractivity contribution in [1.82, 2.24) is 9.88 Å². The number of allylic oxidation sites excluding steroid dienone is 2. The number of piperidine rings is 1. The van der Waals surface area contributed by atoms with E-state index in [-0.39, 0.29) is 6.04 Å². The van der Waals surface area contributed by atoms with Crippen LogP contribution in [-0.4, -0.2) is 42.3 Å². The third-order valence-electron chi connectivity index (χ3n) is 5.44. The summed E-state index contributed by atoms with van der Waals surface area (Å²) in [5.41, 5.74) is 0.717. The molecule has 5 nitrogen and oxygen atoms in total. The van der Waals surface area contributed by atoms with Gasteiger partial charge in [-0.3, -0.25) is 4.98 Å². The molecule has 1 fully saturated rings. The molecule has 1 aliphatic rings. The minimum Gasteiger partial charge on any atom is -0.494 e. The van der Waals surface area contributed by atoms with Gasteiger partial charge in [-0.15, -0.1) is 0 Å². The number of benzene rings is 1. The molecule has 0 amide bonds. The summed E-state index contributed by atoms with van der Waals surface area (Å²) in [6, 6.07) is 7.05. The SMILES string of the molecule is C=C/C=N\C(=C/C)N1CCC(N(c2ccc(C(F)(F)F)cc2)c2cnccc2OC)CC1.CC. The van der Waals surface area contributed by atoms with Crippen LogP contribution in [0, 0.1) is 0 Å². The smallest absolute Gasteiger partial charge is 0.416 e. The zero-order valence-electron chi connectivity index (χ0n) is 20.2. The molecule has 3 rings (SSSR count). The predicted molar refractivity (Wildman–Crippen MR) is 133 cm³/mol. The van der Waals surface area contributed by atoms with E-state index in [1.54, 1.807) is 37.9 Å². The number of ether oxygens (including phenoxy) is 1. The molecule has 0 atom stereocenters. The number of halogens is 3. The highest BCUT2D eigenvalue weighted by molar-refractivity contribution is 5.71. The molecule has 1 aromatic carbocycles. The van der Waals surface area contributed by atoms with Crippen LogP contribution in [0.3, 0.4) is 0 Å². The van der Waals surface area contributed by atoms with Crippen molar-refractivity contribution in [2.24, 2.45) is 4.99 Å². The maximum Gasteiger partial charge on any atom is 0.416 e. The van der Waals surface area contributed by atoms with Gasteiger partial charge in [-0.1, -0.05) is 26.5 Å². The standard InChI is InChI=1S/C24H27F3N4O.C2H6/c1-4-13-29-23(5-2)30-15-11-20(12-16-30)31(21-17-28-14-10-22(21)32-3)19-8-6-18(7-9-19)24(25,26)27;1-2/h4-10,13-14,17,20H,1,11-12,15-16H2,2-3H3;1-2H3/b23-5+,29-13-;. The van der Waals surface area contributed by atoms with Crippen molar-refractivity contribution in [3.8, 4) is 5.75 Å². The first-order valence-electron chi connectivity index (χ1n) is 11.4. The quantitative estimate of drug-likeness (QED) is 0.411. The second kappa shape index (κ2) is 12.8.